The van der Waals surface area contributed by atoms with Crippen LogP contribution in [-0.4, -0.2) is 33.6 Å². The number of carbonyl (C=O) groups is 2. The number of rotatable bonds is 9. The quantitative estimate of drug-likeness (QED) is 0.0771. The van der Waals surface area contributed by atoms with Crippen LogP contribution in [0, 0.1) is 13.8 Å². The van der Waals surface area contributed by atoms with Crippen molar-refractivity contribution < 1.29 is 19.4 Å². The number of anilines is 1. The monoisotopic (exact) mass is 571 g/mol. The first-order valence-electron chi connectivity index (χ1n) is 13.0. The molecule has 0 radical (unpaired) electrons. The summed E-state index contributed by atoms with van der Waals surface area (Å²) in [5, 5.41) is 20.4. The molecule has 3 aromatic carbocycles. The fourth-order valence-electron chi connectivity index (χ4n) is 4.53. The molecule has 1 aliphatic heterocycles. The molecule has 40 heavy (non-hydrogen) atoms. The van der Waals surface area contributed by atoms with E-state index in [-0.39, 0.29) is 11.3 Å². The number of thioether (sulfide) groups is 1. The predicted molar refractivity (Wildman–Crippen MR) is 159 cm³/mol. The number of amides is 1. The molecule has 0 spiro atoms. The van der Waals surface area contributed by atoms with Gasteiger partial charge in [-0.25, -0.2) is 0 Å². The standard InChI is InChI=1S/C31H29N3O4S2/c1-4-16-38-23-14-12-22(13-15-23)26-25(27(35)24-17-19(2)10-11-20(24)3)28(36)29(37)34(26)30-32-33-31(40-30)39-18-21-8-6-5-7-9-21/h5-15,17,26,35H,4,16,18H2,1-3H3/b27-25+. The number of hydrogen-bond acceptors (Lipinski definition) is 8. The summed E-state index contributed by atoms with van der Waals surface area (Å²) in [6.45, 7) is 6.39. The second-order valence-corrected chi connectivity index (χ2v) is 11.7. The Bertz CT molecular complexity index is 1570. The van der Waals surface area contributed by atoms with Crippen LogP contribution >= 0.6 is 23.1 Å². The van der Waals surface area contributed by atoms with Gasteiger partial charge in [0.15, 0.2) is 4.34 Å². The molecular weight excluding hydrogens is 542 g/mol. The summed E-state index contributed by atoms with van der Waals surface area (Å²) in [5.74, 6) is -0.333. The smallest absolute Gasteiger partial charge is 0.301 e. The SMILES string of the molecule is CCCOc1ccc(C2/C(=C(\O)c3cc(C)ccc3C)C(=O)C(=O)N2c2nnc(SCc3ccccc3)s2)cc1. The van der Waals surface area contributed by atoms with Crippen molar-refractivity contribution in [1.29, 1.82) is 0 Å². The fraction of sp³-hybridized carbons (Fsp3) is 0.226. The lowest BCUT2D eigenvalue weighted by Gasteiger charge is -2.23. The lowest BCUT2D eigenvalue weighted by atomic mass is 9.93. The summed E-state index contributed by atoms with van der Waals surface area (Å²) in [5.41, 5.74) is 4.07. The molecule has 1 saturated heterocycles. The van der Waals surface area contributed by atoms with Crippen LogP contribution < -0.4 is 9.64 Å². The van der Waals surface area contributed by atoms with Crippen LogP contribution in [0.4, 0.5) is 5.13 Å². The maximum absolute atomic E-state index is 13.5. The second kappa shape index (κ2) is 12.1. The number of ether oxygens (including phenoxy) is 1. The maximum atomic E-state index is 13.5. The molecule has 9 heteroatoms. The molecule has 1 atom stereocenters. The van der Waals surface area contributed by atoms with E-state index in [1.165, 1.54) is 28.0 Å². The minimum absolute atomic E-state index is 0.0228. The van der Waals surface area contributed by atoms with E-state index in [9.17, 15) is 14.7 Å². The molecule has 1 amide bonds. The molecule has 0 bridgehead atoms. The van der Waals surface area contributed by atoms with E-state index in [4.69, 9.17) is 4.74 Å². The van der Waals surface area contributed by atoms with Crippen LogP contribution in [0.15, 0.2) is 82.7 Å². The van der Waals surface area contributed by atoms with Crippen molar-refractivity contribution in [3.63, 3.8) is 0 Å². The van der Waals surface area contributed by atoms with Gasteiger partial charge in [-0.05, 0) is 55.2 Å². The van der Waals surface area contributed by atoms with E-state index in [0.29, 0.717) is 38.7 Å². The minimum atomic E-state index is -0.875. The van der Waals surface area contributed by atoms with Crippen molar-refractivity contribution in [2.24, 2.45) is 0 Å². The zero-order valence-electron chi connectivity index (χ0n) is 22.5. The zero-order valence-corrected chi connectivity index (χ0v) is 24.1. The summed E-state index contributed by atoms with van der Waals surface area (Å²) in [6, 6.07) is 22.0. The number of benzene rings is 3. The highest BCUT2D eigenvalue weighted by atomic mass is 32.2. The topological polar surface area (TPSA) is 92.6 Å². The van der Waals surface area contributed by atoms with Crippen molar-refractivity contribution in [2.75, 3.05) is 11.5 Å². The third-order valence-electron chi connectivity index (χ3n) is 6.57. The molecule has 0 saturated carbocycles. The van der Waals surface area contributed by atoms with E-state index >= 15 is 0 Å². The highest BCUT2D eigenvalue weighted by Crippen LogP contribution is 2.44. The van der Waals surface area contributed by atoms with Crippen molar-refractivity contribution in [3.8, 4) is 5.75 Å². The number of hydrogen-bond donors (Lipinski definition) is 1. The average molecular weight is 572 g/mol. The maximum Gasteiger partial charge on any atom is 0.301 e. The first-order valence-corrected chi connectivity index (χ1v) is 14.8. The van der Waals surface area contributed by atoms with Crippen LogP contribution in [-0.2, 0) is 15.3 Å². The number of aliphatic hydroxyl groups is 1. The van der Waals surface area contributed by atoms with Gasteiger partial charge in [0, 0.05) is 11.3 Å². The highest BCUT2D eigenvalue weighted by molar-refractivity contribution is 8.00. The Morgan fingerprint density at radius 3 is 2.50 bits per heavy atom. The van der Waals surface area contributed by atoms with Gasteiger partial charge in [0.25, 0.3) is 5.78 Å². The van der Waals surface area contributed by atoms with Gasteiger partial charge in [0.1, 0.15) is 11.5 Å². The van der Waals surface area contributed by atoms with Gasteiger partial charge in [-0.3, -0.25) is 14.5 Å². The Labute approximate surface area is 241 Å². The Morgan fingerprint density at radius 1 is 1.02 bits per heavy atom. The Kier molecular flexibility index (Phi) is 8.32. The Hall–Kier alpha value is -3.95. The molecule has 5 rings (SSSR count). The van der Waals surface area contributed by atoms with Crippen LogP contribution in [0.1, 0.15) is 47.2 Å². The van der Waals surface area contributed by atoms with E-state index in [2.05, 4.69) is 10.2 Å². The van der Waals surface area contributed by atoms with E-state index in [1.807, 2.05) is 93.6 Å². The number of aryl methyl sites for hydroxylation is 2. The van der Waals surface area contributed by atoms with Crippen molar-refractivity contribution in [3.05, 3.63) is 106 Å². The molecule has 204 valence electrons. The average Bonchev–Trinajstić information content (AvgIpc) is 3.54. The third kappa shape index (κ3) is 5.66. The van der Waals surface area contributed by atoms with Gasteiger partial charge in [0.2, 0.25) is 5.13 Å². The molecule has 1 aliphatic rings. The first kappa shape index (κ1) is 27.6. The zero-order chi connectivity index (χ0) is 28.2. The van der Waals surface area contributed by atoms with Gasteiger partial charge < -0.3 is 9.84 Å². The van der Waals surface area contributed by atoms with Gasteiger partial charge in [0.05, 0.1) is 18.2 Å². The van der Waals surface area contributed by atoms with Gasteiger partial charge in [-0.15, -0.1) is 10.2 Å². The lowest BCUT2D eigenvalue weighted by molar-refractivity contribution is -0.132. The third-order valence-corrected chi connectivity index (χ3v) is 8.70. The Morgan fingerprint density at radius 2 is 1.77 bits per heavy atom. The summed E-state index contributed by atoms with van der Waals surface area (Å²) >= 11 is 2.76. The molecule has 1 unspecified atom stereocenters. The number of aliphatic hydroxyl groups excluding tert-OH is 1. The van der Waals surface area contributed by atoms with Crippen LogP contribution in [0.3, 0.4) is 0 Å². The van der Waals surface area contributed by atoms with E-state index in [1.54, 1.807) is 0 Å². The van der Waals surface area contributed by atoms with E-state index in [0.717, 1.165) is 23.1 Å². The predicted octanol–water partition coefficient (Wildman–Crippen LogP) is 6.86. The fourth-order valence-corrected chi connectivity index (χ4v) is 6.35. The first-order chi connectivity index (χ1) is 19.4. The molecule has 1 fully saturated rings. The van der Waals surface area contributed by atoms with Gasteiger partial charge in [-0.1, -0.05) is 90.2 Å². The number of ketones is 1. The molecule has 4 aromatic rings. The molecular formula is C31H29N3O4S2. The van der Waals surface area contributed by atoms with E-state index < -0.39 is 17.7 Å². The normalized spacial score (nSPS) is 16.5. The van der Waals surface area contributed by atoms with Crippen LogP contribution in [0.2, 0.25) is 0 Å². The second-order valence-electron chi connectivity index (χ2n) is 9.53. The summed E-state index contributed by atoms with van der Waals surface area (Å²) in [4.78, 5) is 28.4. The molecule has 2 heterocycles. The van der Waals surface area contributed by atoms with Gasteiger partial charge >= 0.3 is 5.91 Å². The van der Waals surface area contributed by atoms with Gasteiger partial charge in [-0.2, -0.15) is 0 Å². The molecule has 0 aliphatic carbocycles. The molecule has 1 aromatic heterocycles. The summed E-state index contributed by atoms with van der Waals surface area (Å²) in [6.07, 6.45) is 0.874. The van der Waals surface area contributed by atoms with Crippen LogP contribution in [0.25, 0.3) is 5.76 Å². The molecule has 1 N–H and O–H groups in total. The minimum Gasteiger partial charge on any atom is -0.507 e. The van der Waals surface area contributed by atoms with Crippen LogP contribution in [0.5, 0.6) is 5.75 Å². The summed E-state index contributed by atoms with van der Waals surface area (Å²) in [7, 11) is 0. The number of nitrogens with zero attached hydrogens (tertiary/aromatic N) is 3. The van der Waals surface area contributed by atoms with Crippen molar-refractivity contribution >= 4 is 45.7 Å². The largest absolute Gasteiger partial charge is 0.507 e. The lowest BCUT2D eigenvalue weighted by Crippen LogP contribution is -2.29. The number of Topliss-reactive ketones (excluding diaryl/α,β-unsaturated/α-hetero) is 1. The number of aromatic nitrogens is 2. The summed E-state index contributed by atoms with van der Waals surface area (Å²) < 4.78 is 6.41. The molecule has 7 nitrogen and oxygen atoms in total. The van der Waals surface area contributed by atoms with Crippen molar-refractivity contribution in [1.82, 2.24) is 10.2 Å². The van der Waals surface area contributed by atoms with Crippen molar-refractivity contribution in [2.45, 2.75) is 43.3 Å². The Balaban J connectivity index is 1.56. The highest BCUT2D eigenvalue weighted by Gasteiger charge is 2.48. The number of carbonyl (C=O) groups excluding carboxylic acids is 2.